The van der Waals surface area contributed by atoms with Gasteiger partial charge in [0, 0.05) is 29.9 Å². The third-order valence-corrected chi connectivity index (χ3v) is 5.48. The molecule has 1 atom stereocenters. The summed E-state index contributed by atoms with van der Waals surface area (Å²) >= 11 is 0. The Bertz CT molecular complexity index is 1240. The molecule has 6 heteroatoms. The number of benzene rings is 3. The van der Waals surface area contributed by atoms with Crippen LogP contribution < -0.4 is 10.1 Å². The van der Waals surface area contributed by atoms with Crippen molar-refractivity contribution in [2.24, 2.45) is 0 Å². The first-order valence-electron chi connectivity index (χ1n) is 10.4. The molecule has 1 aromatic heterocycles. The quantitative estimate of drug-likeness (QED) is 0.504. The van der Waals surface area contributed by atoms with Gasteiger partial charge in [0.2, 0.25) is 0 Å². The van der Waals surface area contributed by atoms with Gasteiger partial charge in [-0.1, -0.05) is 24.3 Å². The molecule has 2 heterocycles. The first-order chi connectivity index (χ1) is 15.7. The minimum Gasteiger partial charge on any atom is -0.488 e. The van der Waals surface area contributed by atoms with Crippen molar-refractivity contribution in [3.8, 4) is 28.1 Å². The highest BCUT2D eigenvalue weighted by Crippen LogP contribution is 2.32. The lowest BCUT2D eigenvalue weighted by Crippen LogP contribution is -2.34. The number of fused-ring (bicyclic) bond motifs is 1. The second kappa shape index (κ2) is 8.59. The zero-order valence-electron chi connectivity index (χ0n) is 17.2. The zero-order valence-corrected chi connectivity index (χ0v) is 17.2. The number of nitrogens with one attached hydrogen (secondary N) is 1. The number of halogens is 1. The van der Waals surface area contributed by atoms with Crippen LogP contribution >= 0.6 is 0 Å². The molecule has 1 aliphatic heterocycles. The van der Waals surface area contributed by atoms with E-state index < -0.39 is 0 Å². The zero-order chi connectivity index (χ0) is 21.9. The Morgan fingerprint density at radius 1 is 0.969 bits per heavy atom. The summed E-state index contributed by atoms with van der Waals surface area (Å²) < 4.78 is 19.1. The number of aromatic nitrogens is 2. The number of hydrogen-bond acceptors (Lipinski definition) is 4. The minimum absolute atomic E-state index is 0.121. The molecule has 0 spiro atoms. The van der Waals surface area contributed by atoms with Gasteiger partial charge in [-0.3, -0.25) is 14.8 Å². The molecule has 0 saturated heterocycles. The Labute approximate surface area is 184 Å². The van der Waals surface area contributed by atoms with E-state index in [4.69, 9.17) is 4.74 Å². The summed E-state index contributed by atoms with van der Waals surface area (Å²) in [5.41, 5.74) is 5.29. The highest BCUT2D eigenvalue weighted by atomic mass is 19.1. The lowest BCUT2D eigenvalue weighted by Gasteiger charge is -2.12. The molecule has 5 nitrogen and oxygen atoms in total. The van der Waals surface area contributed by atoms with Crippen LogP contribution in [0.4, 0.5) is 4.39 Å². The van der Waals surface area contributed by atoms with E-state index in [0.29, 0.717) is 18.5 Å². The molecule has 5 rings (SSSR count). The molecule has 0 saturated carbocycles. The molecule has 32 heavy (non-hydrogen) atoms. The maximum Gasteiger partial charge on any atom is 0.251 e. The third-order valence-electron chi connectivity index (χ3n) is 5.48. The van der Waals surface area contributed by atoms with Crippen LogP contribution in [-0.2, 0) is 6.42 Å². The fourth-order valence-electron chi connectivity index (χ4n) is 3.81. The average Bonchev–Trinajstić information content (AvgIpc) is 3.26. The standard InChI is InChI=1S/C26H20FN3O2/c27-22-8-5-18(6-9-22)17-1-3-19(4-2-17)26(31)30-15-23-14-21-13-20(7-10-25(21)32-23)24-16-28-11-12-29-24/h1-13,16,23H,14-15H2,(H,30,31). The van der Waals surface area contributed by atoms with Gasteiger partial charge in [-0.15, -0.1) is 0 Å². The van der Waals surface area contributed by atoms with Gasteiger partial charge in [0.1, 0.15) is 17.7 Å². The van der Waals surface area contributed by atoms with E-state index in [1.165, 1.54) is 12.1 Å². The van der Waals surface area contributed by atoms with Crippen LogP contribution in [0.2, 0.25) is 0 Å². The van der Waals surface area contributed by atoms with Crippen LogP contribution in [0.5, 0.6) is 5.75 Å². The van der Waals surface area contributed by atoms with Gasteiger partial charge < -0.3 is 10.1 Å². The van der Waals surface area contributed by atoms with Gasteiger partial charge >= 0.3 is 0 Å². The van der Waals surface area contributed by atoms with Crippen molar-refractivity contribution in [2.75, 3.05) is 6.54 Å². The van der Waals surface area contributed by atoms with E-state index >= 15 is 0 Å². The summed E-state index contributed by atoms with van der Waals surface area (Å²) in [7, 11) is 0. The van der Waals surface area contributed by atoms with Crippen molar-refractivity contribution in [2.45, 2.75) is 12.5 Å². The smallest absolute Gasteiger partial charge is 0.251 e. The van der Waals surface area contributed by atoms with Gasteiger partial charge in [0.25, 0.3) is 5.91 Å². The number of carbonyl (C=O) groups excluding carboxylic acids is 1. The number of ether oxygens (including phenoxy) is 1. The summed E-state index contributed by atoms with van der Waals surface area (Å²) in [6.45, 7) is 0.410. The molecule has 3 aromatic carbocycles. The van der Waals surface area contributed by atoms with Crippen LogP contribution in [0.15, 0.2) is 85.3 Å². The Hall–Kier alpha value is -4.06. The van der Waals surface area contributed by atoms with Gasteiger partial charge in [0.05, 0.1) is 18.4 Å². The normalized spacial score (nSPS) is 14.5. The monoisotopic (exact) mass is 425 g/mol. The van der Waals surface area contributed by atoms with Gasteiger partial charge in [0.15, 0.2) is 0 Å². The molecule has 0 aliphatic carbocycles. The number of nitrogens with zero attached hydrogens (tertiary/aromatic N) is 2. The summed E-state index contributed by atoms with van der Waals surface area (Å²) in [6.07, 6.45) is 5.65. The van der Waals surface area contributed by atoms with Crippen molar-refractivity contribution in [1.29, 1.82) is 0 Å². The predicted molar refractivity (Wildman–Crippen MR) is 120 cm³/mol. The van der Waals surface area contributed by atoms with E-state index in [9.17, 15) is 9.18 Å². The molecule has 0 bridgehead atoms. The Balaban J connectivity index is 1.19. The maximum atomic E-state index is 13.1. The van der Waals surface area contributed by atoms with E-state index in [1.807, 2.05) is 24.3 Å². The number of rotatable bonds is 5. The van der Waals surface area contributed by atoms with Crippen molar-refractivity contribution < 1.29 is 13.9 Å². The Kier molecular flexibility index (Phi) is 5.34. The number of amides is 1. The molecule has 0 fully saturated rings. The van der Waals surface area contributed by atoms with E-state index in [-0.39, 0.29) is 17.8 Å². The minimum atomic E-state index is -0.272. The lowest BCUT2D eigenvalue weighted by molar-refractivity contribution is 0.0933. The largest absolute Gasteiger partial charge is 0.488 e. The molecule has 158 valence electrons. The van der Waals surface area contributed by atoms with Gasteiger partial charge in [-0.2, -0.15) is 0 Å². The van der Waals surface area contributed by atoms with Crippen LogP contribution in [0.3, 0.4) is 0 Å². The first-order valence-corrected chi connectivity index (χ1v) is 10.4. The SMILES string of the molecule is O=C(NCC1Cc2cc(-c3cnccn3)ccc2O1)c1ccc(-c2ccc(F)cc2)cc1. The van der Waals surface area contributed by atoms with Gasteiger partial charge in [-0.25, -0.2) is 4.39 Å². The third kappa shape index (κ3) is 4.21. The first kappa shape index (κ1) is 19.9. The molecule has 4 aromatic rings. The van der Waals surface area contributed by atoms with Crippen molar-refractivity contribution in [1.82, 2.24) is 15.3 Å². The van der Waals surface area contributed by atoms with Crippen molar-refractivity contribution >= 4 is 5.91 Å². The fourth-order valence-corrected chi connectivity index (χ4v) is 3.81. The number of hydrogen-bond donors (Lipinski definition) is 1. The molecule has 1 aliphatic rings. The predicted octanol–water partition coefficient (Wildman–Crippen LogP) is 4.68. The molecule has 1 N–H and O–H groups in total. The van der Waals surface area contributed by atoms with Crippen molar-refractivity contribution in [3.05, 3.63) is 102 Å². The van der Waals surface area contributed by atoms with E-state index in [0.717, 1.165) is 33.7 Å². The second-order valence-corrected chi connectivity index (χ2v) is 7.65. The molecular weight excluding hydrogens is 405 g/mol. The second-order valence-electron chi connectivity index (χ2n) is 7.65. The lowest BCUT2D eigenvalue weighted by atomic mass is 10.0. The summed E-state index contributed by atoms with van der Waals surface area (Å²) in [5, 5.41) is 2.95. The average molecular weight is 425 g/mol. The maximum absolute atomic E-state index is 13.1. The topological polar surface area (TPSA) is 64.1 Å². The van der Waals surface area contributed by atoms with Gasteiger partial charge in [-0.05, 0) is 59.2 Å². The Morgan fingerprint density at radius 3 is 2.41 bits per heavy atom. The van der Waals surface area contributed by atoms with E-state index in [1.54, 1.807) is 42.9 Å². The van der Waals surface area contributed by atoms with Crippen molar-refractivity contribution in [3.63, 3.8) is 0 Å². The van der Waals surface area contributed by atoms with Crippen LogP contribution in [0, 0.1) is 5.82 Å². The fraction of sp³-hybridized carbons (Fsp3) is 0.115. The molecular formula is C26H20FN3O2. The summed E-state index contributed by atoms with van der Waals surface area (Å²) in [4.78, 5) is 21.0. The highest BCUT2D eigenvalue weighted by Gasteiger charge is 2.24. The molecule has 1 amide bonds. The van der Waals surface area contributed by atoms with E-state index in [2.05, 4.69) is 21.4 Å². The van der Waals surface area contributed by atoms with Crippen LogP contribution in [0.25, 0.3) is 22.4 Å². The Morgan fingerprint density at radius 2 is 1.69 bits per heavy atom. The highest BCUT2D eigenvalue weighted by molar-refractivity contribution is 5.94. The van der Waals surface area contributed by atoms with Crippen LogP contribution in [-0.4, -0.2) is 28.5 Å². The molecule has 1 unspecified atom stereocenters. The summed E-state index contributed by atoms with van der Waals surface area (Å²) in [6, 6.07) is 19.5. The molecule has 0 radical (unpaired) electrons. The number of carbonyl (C=O) groups is 1. The van der Waals surface area contributed by atoms with Crippen LogP contribution in [0.1, 0.15) is 15.9 Å². The summed E-state index contributed by atoms with van der Waals surface area (Å²) in [5.74, 6) is 0.405.